The summed E-state index contributed by atoms with van der Waals surface area (Å²) in [7, 11) is 0. The predicted octanol–water partition coefficient (Wildman–Crippen LogP) is 3.39. The Hall–Kier alpha value is -1.07. The highest BCUT2D eigenvalue weighted by Crippen LogP contribution is 2.15. The molecule has 0 saturated carbocycles. The van der Waals surface area contributed by atoms with Crippen molar-refractivity contribution in [3.05, 3.63) is 28.7 Å². The molecule has 18 heavy (non-hydrogen) atoms. The Kier molecular flexibility index (Phi) is 6.75. The Bertz CT molecular complexity index is 383. The number of carbonyl (C=O) groups is 1. The molecule has 2 amide bonds. The number of urea groups is 1. The molecule has 0 aliphatic heterocycles. The molecule has 100 valence electrons. The molecule has 5 heteroatoms. The van der Waals surface area contributed by atoms with Crippen molar-refractivity contribution in [1.82, 2.24) is 5.32 Å². The first-order valence-corrected chi connectivity index (χ1v) is 6.79. The minimum atomic E-state index is -0.197. The first-order chi connectivity index (χ1) is 8.58. The molecule has 0 unspecified atom stereocenters. The van der Waals surface area contributed by atoms with Gasteiger partial charge in [-0.25, -0.2) is 4.79 Å². The van der Waals surface area contributed by atoms with Crippen molar-refractivity contribution < 1.29 is 9.53 Å². The van der Waals surface area contributed by atoms with E-state index in [2.05, 4.69) is 26.6 Å². The number of hydrogen-bond acceptors (Lipinski definition) is 2. The fourth-order valence-corrected chi connectivity index (χ4v) is 1.73. The Morgan fingerprint density at radius 2 is 2.22 bits per heavy atom. The predicted molar refractivity (Wildman–Crippen MR) is 76.9 cm³/mol. The monoisotopic (exact) mass is 314 g/mol. The van der Waals surface area contributed by atoms with E-state index >= 15 is 0 Å². The standard InChI is InChI=1S/C13H19BrN2O2/c1-10(2)18-8-4-7-15-13(17)16-12-6-3-5-11(14)9-12/h3,5-6,9-10H,4,7-8H2,1-2H3,(H2,15,16,17). The molecule has 0 aliphatic carbocycles. The number of rotatable bonds is 6. The van der Waals surface area contributed by atoms with Crippen LogP contribution < -0.4 is 10.6 Å². The van der Waals surface area contributed by atoms with Gasteiger partial charge < -0.3 is 15.4 Å². The van der Waals surface area contributed by atoms with Gasteiger partial charge in [0.15, 0.2) is 0 Å². The van der Waals surface area contributed by atoms with Gasteiger partial charge in [-0.3, -0.25) is 0 Å². The molecule has 1 aromatic carbocycles. The fourth-order valence-electron chi connectivity index (χ4n) is 1.33. The van der Waals surface area contributed by atoms with Crippen molar-refractivity contribution in [1.29, 1.82) is 0 Å². The van der Waals surface area contributed by atoms with Crippen LogP contribution >= 0.6 is 15.9 Å². The van der Waals surface area contributed by atoms with Crippen LogP contribution in [0, 0.1) is 0 Å². The minimum Gasteiger partial charge on any atom is -0.379 e. The van der Waals surface area contributed by atoms with E-state index in [4.69, 9.17) is 4.74 Å². The van der Waals surface area contributed by atoms with Crippen LogP contribution in [0.3, 0.4) is 0 Å². The van der Waals surface area contributed by atoms with Crippen LogP contribution in [0.5, 0.6) is 0 Å². The van der Waals surface area contributed by atoms with Gasteiger partial charge in [0.05, 0.1) is 6.10 Å². The molecule has 0 radical (unpaired) electrons. The SMILES string of the molecule is CC(C)OCCCNC(=O)Nc1cccc(Br)c1. The topological polar surface area (TPSA) is 50.4 Å². The van der Waals surface area contributed by atoms with E-state index in [1.54, 1.807) is 0 Å². The zero-order valence-corrected chi connectivity index (χ0v) is 12.3. The molecule has 0 bridgehead atoms. The first kappa shape index (κ1) is 15.0. The zero-order valence-electron chi connectivity index (χ0n) is 10.7. The summed E-state index contributed by atoms with van der Waals surface area (Å²) in [5, 5.41) is 5.54. The van der Waals surface area contributed by atoms with Gasteiger partial charge in [0.1, 0.15) is 0 Å². The third-order valence-electron chi connectivity index (χ3n) is 2.14. The van der Waals surface area contributed by atoms with E-state index in [1.165, 1.54) is 0 Å². The third kappa shape index (κ3) is 6.61. The number of carbonyl (C=O) groups excluding carboxylic acids is 1. The maximum absolute atomic E-state index is 11.5. The summed E-state index contributed by atoms with van der Waals surface area (Å²) in [6, 6.07) is 7.27. The molecule has 0 atom stereocenters. The highest BCUT2D eigenvalue weighted by Gasteiger charge is 2.01. The van der Waals surface area contributed by atoms with Gasteiger partial charge in [-0.2, -0.15) is 0 Å². The maximum atomic E-state index is 11.5. The Labute approximate surface area is 116 Å². The molecule has 1 aromatic rings. The molecule has 2 N–H and O–H groups in total. The summed E-state index contributed by atoms with van der Waals surface area (Å²) in [6.07, 6.45) is 1.05. The van der Waals surface area contributed by atoms with Crippen LogP contribution in [0.2, 0.25) is 0 Å². The molecule has 4 nitrogen and oxygen atoms in total. The summed E-state index contributed by atoms with van der Waals surface area (Å²) in [6.45, 7) is 5.25. The number of hydrogen-bond donors (Lipinski definition) is 2. The second-order valence-electron chi connectivity index (χ2n) is 4.16. The Morgan fingerprint density at radius 1 is 1.44 bits per heavy atom. The lowest BCUT2D eigenvalue weighted by Crippen LogP contribution is -2.30. The van der Waals surface area contributed by atoms with Gasteiger partial charge in [0.2, 0.25) is 0 Å². The van der Waals surface area contributed by atoms with E-state index in [0.717, 1.165) is 16.6 Å². The maximum Gasteiger partial charge on any atom is 0.319 e. The van der Waals surface area contributed by atoms with Crippen LogP contribution in [0.15, 0.2) is 28.7 Å². The van der Waals surface area contributed by atoms with Crippen LogP contribution in [-0.4, -0.2) is 25.3 Å². The number of amides is 2. The third-order valence-corrected chi connectivity index (χ3v) is 2.63. The van der Waals surface area contributed by atoms with Crippen molar-refractivity contribution in [2.45, 2.75) is 26.4 Å². The van der Waals surface area contributed by atoms with Crippen LogP contribution in [0.25, 0.3) is 0 Å². The number of anilines is 1. The highest BCUT2D eigenvalue weighted by atomic mass is 79.9. The molecular weight excluding hydrogens is 296 g/mol. The van der Waals surface area contributed by atoms with Crippen LogP contribution in [0.1, 0.15) is 20.3 Å². The molecule has 1 rings (SSSR count). The normalized spacial score (nSPS) is 10.4. The highest BCUT2D eigenvalue weighted by molar-refractivity contribution is 9.10. The first-order valence-electron chi connectivity index (χ1n) is 6.00. The molecular formula is C13H19BrN2O2. The van der Waals surface area contributed by atoms with Crippen molar-refractivity contribution >= 4 is 27.6 Å². The minimum absolute atomic E-state index is 0.197. The second-order valence-corrected chi connectivity index (χ2v) is 5.08. The molecule has 0 aromatic heterocycles. The second kappa shape index (κ2) is 8.11. The van der Waals surface area contributed by atoms with E-state index in [-0.39, 0.29) is 12.1 Å². The number of benzene rings is 1. The van der Waals surface area contributed by atoms with E-state index in [1.807, 2.05) is 38.1 Å². The summed E-state index contributed by atoms with van der Waals surface area (Å²) in [5.74, 6) is 0. The fraction of sp³-hybridized carbons (Fsp3) is 0.462. The lowest BCUT2D eigenvalue weighted by atomic mass is 10.3. The average Bonchev–Trinajstić information content (AvgIpc) is 2.28. The molecule has 0 spiro atoms. The van der Waals surface area contributed by atoms with Gasteiger partial charge in [0, 0.05) is 23.3 Å². The van der Waals surface area contributed by atoms with Gasteiger partial charge >= 0.3 is 6.03 Å². The molecule has 0 fully saturated rings. The summed E-state index contributed by atoms with van der Waals surface area (Å²) < 4.78 is 6.32. The van der Waals surface area contributed by atoms with E-state index < -0.39 is 0 Å². The van der Waals surface area contributed by atoms with Crippen molar-refractivity contribution in [2.24, 2.45) is 0 Å². The van der Waals surface area contributed by atoms with Crippen molar-refractivity contribution in [2.75, 3.05) is 18.5 Å². The van der Waals surface area contributed by atoms with Gasteiger partial charge in [0.25, 0.3) is 0 Å². The number of ether oxygens (including phenoxy) is 1. The van der Waals surface area contributed by atoms with E-state index in [9.17, 15) is 4.79 Å². The van der Waals surface area contributed by atoms with Gasteiger partial charge in [-0.15, -0.1) is 0 Å². The van der Waals surface area contributed by atoms with Crippen molar-refractivity contribution in [3.8, 4) is 0 Å². The Balaban J connectivity index is 2.18. The number of halogens is 1. The molecule has 0 heterocycles. The average molecular weight is 315 g/mol. The van der Waals surface area contributed by atoms with Crippen LogP contribution in [0.4, 0.5) is 10.5 Å². The van der Waals surface area contributed by atoms with E-state index in [0.29, 0.717) is 13.2 Å². The summed E-state index contributed by atoms with van der Waals surface area (Å²) >= 11 is 3.35. The lowest BCUT2D eigenvalue weighted by molar-refractivity contribution is 0.0775. The molecule has 0 saturated heterocycles. The van der Waals surface area contributed by atoms with Gasteiger partial charge in [-0.05, 0) is 38.5 Å². The van der Waals surface area contributed by atoms with Crippen LogP contribution in [-0.2, 0) is 4.74 Å². The van der Waals surface area contributed by atoms with Gasteiger partial charge in [-0.1, -0.05) is 22.0 Å². The van der Waals surface area contributed by atoms with Crippen molar-refractivity contribution in [3.63, 3.8) is 0 Å². The zero-order chi connectivity index (χ0) is 13.4. The largest absolute Gasteiger partial charge is 0.379 e. The molecule has 0 aliphatic rings. The lowest BCUT2D eigenvalue weighted by Gasteiger charge is -2.09. The Morgan fingerprint density at radius 3 is 2.89 bits per heavy atom. The number of nitrogens with one attached hydrogen (secondary N) is 2. The quantitative estimate of drug-likeness (QED) is 0.791. The summed E-state index contributed by atoms with van der Waals surface area (Å²) in [5.41, 5.74) is 0.764. The smallest absolute Gasteiger partial charge is 0.319 e. The summed E-state index contributed by atoms with van der Waals surface area (Å²) in [4.78, 5) is 11.5.